The number of hydrogen-bond acceptors (Lipinski definition) is 2. The monoisotopic (exact) mass is 314 g/mol. The van der Waals surface area contributed by atoms with Crippen molar-refractivity contribution in [3.05, 3.63) is 65.0 Å². The molecule has 116 valence electrons. The van der Waals surface area contributed by atoms with Crippen LogP contribution in [0, 0.1) is 5.82 Å². The summed E-state index contributed by atoms with van der Waals surface area (Å²) in [5, 5.41) is 8.70. The summed E-state index contributed by atoms with van der Waals surface area (Å²) in [6.45, 7) is -0.271. The number of carboxylic acids is 1. The highest BCUT2D eigenvalue weighted by Gasteiger charge is 2.30. The molecule has 0 aliphatic rings. The van der Waals surface area contributed by atoms with Gasteiger partial charge in [0.05, 0.1) is 11.1 Å². The van der Waals surface area contributed by atoms with E-state index in [2.05, 4.69) is 0 Å². The third-order valence-corrected chi connectivity index (χ3v) is 2.83. The van der Waals surface area contributed by atoms with Crippen LogP contribution in [0.25, 0.3) is 0 Å². The number of benzene rings is 2. The van der Waals surface area contributed by atoms with E-state index in [1.165, 1.54) is 12.1 Å². The van der Waals surface area contributed by atoms with Crippen molar-refractivity contribution in [1.29, 1.82) is 0 Å². The first-order valence-corrected chi connectivity index (χ1v) is 6.09. The van der Waals surface area contributed by atoms with Crippen molar-refractivity contribution < 1.29 is 32.2 Å². The Bertz CT molecular complexity index is 695. The number of ether oxygens (including phenoxy) is 1. The van der Waals surface area contributed by atoms with Gasteiger partial charge in [-0.2, -0.15) is 13.2 Å². The summed E-state index contributed by atoms with van der Waals surface area (Å²) in [5.74, 6) is -2.42. The Hall–Kier alpha value is -2.57. The smallest absolute Gasteiger partial charge is 0.416 e. The average molecular weight is 314 g/mol. The highest BCUT2D eigenvalue weighted by Crippen LogP contribution is 2.30. The zero-order valence-corrected chi connectivity index (χ0v) is 11.0. The molecule has 0 aliphatic carbocycles. The second-order valence-electron chi connectivity index (χ2n) is 4.44. The molecule has 0 saturated carbocycles. The number of rotatable bonds is 4. The molecule has 1 N–H and O–H groups in total. The molecule has 2 aromatic rings. The van der Waals surface area contributed by atoms with Crippen LogP contribution < -0.4 is 4.74 Å². The lowest BCUT2D eigenvalue weighted by molar-refractivity contribution is -0.137. The summed E-state index contributed by atoms with van der Waals surface area (Å²) < 4.78 is 56.4. The van der Waals surface area contributed by atoms with Crippen molar-refractivity contribution in [3.63, 3.8) is 0 Å². The quantitative estimate of drug-likeness (QED) is 0.864. The summed E-state index contributed by atoms with van der Waals surface area (Å²) >= 11 is 0. The number of carboxylic acid groups (broad SMARTS) is 1. The van der Waals surface area contributed by atoms with Crippen molar-refractivity contribution >= 4 is 5.97 Å². The van der Waals surface area contributed by atoms with Gasteiger partial charge in [0.25, 0.3) is 0 Å². The van der Waals surface area contributed by atoms with Gasteiger partial charge < -0.3 is 9.84 Å². The molecule has 0 aromatic heterocycles. The molecule has 0 bridgehead atoms. The summed E-state index contributed by atoms with van der Waals surface area (Å²) in [5.41, 5.74) is -0.851. The van der Waals surface area contributed by atoms with E-state index in [-0.39, 0.29) is 23.5 Å². The molecule has 0 unspecified atom stereocenters. The van der Waals surface area contributed by atoms with Crippen LogP contribution >= 0.6 is 0 Å². The van der Waals surface area contributed by atoms with E-state index in [0.717, 1.165) is 30.3 Å². The Morgan fingerprint density at radius 3 is 2.45 bits per heavy atom. The molecule has 3 nitrogen and oxygen atoms in total. The molecule has 2 rings (SSSR count). The molecular formula is C15H10F4O3. The molecule has 0 saturated heterocycles. The second-order valence-corrected chi connectivity index (χ2v) is 4.44. The summed E-state index contributed by atoms with van der Waals surface area (Å²) in [4.78, 5) is 10.7. The maximum atomic E-state index is 13.6. The van der Waals surface area contributed by atoms with Gasteiger partial charge in [-0.1, -0.05) is 12.1 Å². The fourth-order valence-corrected chi connectivity index (χ4v) is 1.75. The van der Waals surface area contributed by atoms with Gasteiger partial charge in [-0.05, 0) is 35.9 Å². The zero-order valence-electron chi connectivity index (χ0n) is 11.0. The van der Waals surface area contributed by atoms with Crippen LogP contribution in [0.15, 0.2) is 42.5 Å². The molecule has 0 fully saturated rings. The molecule has 7 heteroatoms. The van der Waals surface area contributed by atoms with Gasteiger partial charge >= 0.3 is 12.1 Å². The average Bonchev–Trinajstić information content (AvgIpc) is 2.45. The number of hydrogen-bond donors (Lipinski definition) is 1. The van der Waals surface area contributed by atoms with Crippen LogP contribution in [-0.2, 0) is 12.8 Å². The minimum absolute atomic E-state index is 0.219. The SMILES string of the molecule is O=C(O)c1ccc(OCc2cccc(C(F)(F)F)c2)c(F)c1. The largest absolute Gasteiger partial charge is 0.486 e. The van der Waals surface area contributed by atoms with Gasteiger partial charge in [0.2, 0.25) is 0 Å². The molecule has 0 spiro atoms. The van der Waals surface area contributed by atoms with Gasteiger partial charge in [-0.25, -0.2) is 9.18 Å². The Balaban J connectivity index is 2.12. The van der Waals surface area contributed by atoms with Crippen molar-refractivity contribution in [2.24, 2.45) is 0 Å². The first-order chi connectivity index (χ1) is 10.3. The lowest BCUT2D eigenvalue weighted by Crippen LogP contribution is -2.06. The van der Waals surface area contributed by atoms with E-state index in [1.807, 2.05) is 0 Å². The van der Waals surface area contributed by atoms with E-state index in [4.69, 9.17) is 9.84 Å². The molecular weight excluding hydrogens is 304 g/mol. The first kappa shape index (κ1) is 15.8. The summed E-state index contributed by atoms with van der Waals surface area (Å²) in [6, 6.07) is 7.52. The maximum Gasteiger partial charge on any atom is 0.416 e. The summed E-state index contributed by atoms with van der Waals surface area (Å²) in [7, 11) is 0. The maximum absolute atomic E-state index is 13.6. The number of carbonyl (C=O) groups is 1. The van der Waals surface area contributed by atoms with Gasteiger partial charge in [0, 0.05) is 0 Å². The molecule has 0 amide bonds. The molecule has 0 radical (unpaired) electrons. The minimum atomic E-state index is -4.47. The molecule has 0 heterocycles. The Kier molecular flexibility index (Phi) is 4.35. The van der Waals surface area contributed by atoms with Crippen LogP contribution in [0.1, 0.15) is 21.5 Å². The van der Waals surface area contributed by atoms with Crippen LogP contribution in [0.2, 0.25) is 0 Å². The topological polar surface area (TPSA) is 46.5 Å². The third-order valence-electron chi connectivity index (χ3n) is 2.83. The van der Waals surface area contributed by atoms with Gasteiger partial charge in [0.15, 0.2) is 11.6 Å². The van der Waals surface area contributed by atoms with E-state index >= 15 is 0 Å². The number of alkyl halides is 3. The predicted octanol–water partition coefficient (Wildman–Crippen LogP) is 4.12. The fourth-order valence-electron chi connectivity index (χ4n) is 1.75. The normalized spacial score (nSPS) is 11.3. The van der Waals surface area contributed by atoms with Crippen LogP contribution in [0.5, 0.6) is 5.75 Å². The molecule has 0 atom stereocenters. The van der Waals surface area contributed by atoms with E-state index in [9.17, 15) is 22.4 Å². The molecule has 2 aromatic carbocycles. The van der Waals surface area contributed by atoms with Crippen LogP contribution in [0.3, 0.4) is 0 Å². The third kappa shape index (κ3) is 3.75. The second kappa shape index (κ2) is 6.05. The van der Waals surface area contributed by atoms with E-state index in [0.29, 0.717) is 0 Å². The van der Waals surface area contributed by atoms with Crippen molar-refractivity contribution in [2.45, 2.75) is 12.8 Å². The van der Waals surface area contributed by atoms with Crippen molar-refractivity contribution in [2.75, 3.05) is 0 Å². The minimum Gasteiger partial charge on any atom is -0.486 e. The Morgan fingerprint density at radius 2 is 1.86 bits per heavy atom. The van der Waals surface area contributed by atoms with Gasteiger partial charge in [-0.15, -0.1) is 0 Å². The number of aromatic carboxylic acids is 1. The zero-order chi connectivity index (χ0) is 16.3. The predicted molar refractivity (Wildman–Crippen MR) is 69.1 cm³/mol. The lowest BCUT2D eigenvalue weighted by Gasteiger charge is -2.10. The van der Waals surface area contributed by atoms with Gasteiger partial charge in [0.1, 0.15) is 6.61 Å². The van der Waals surface area contributed by atoms with Crippen molar-refractivity contribution in [1.82, 2.24) is 0 Å². The van der Waals surface area contributed by atoms with Gasteiger partial charge in [-0.3, -0.25) is 0 Å². The standard InChI is InChI=1S/C15H10F4O3/c16-12-7-10(14(20)21)4-5-13(12)22-8-9-2-1-3-11(6-9)15(17,18)19/h1-7H,8H2,(H,20,21). The molecule has 0 aliphatic heterocycles. The first-order valence-electron chi connectivity index (χ1n) is 6.09. The highest BCUT2D eigenvalue weighted by molar-refractivity contribution is 5.87. The molecule has 22 heavy (non-hydrogen) atoms. The van der Waals surface area contributed by atoms with Crippen LogP contribution in [0.4, 0.5) is 17.6 Å². The number of halogens is 4. The highest BCUT2D eigenvalue weighted by atomic mass is 19.4. The lowest BCUT2D eigenvalue weighted by atomic mass is 10.1. The Morgan fingerprint density at radius 1 is 1.14 bits per heavy atom. The fraction of sp³-hybridized carbons (Fsp3) is 0.133. The summed E-state index contributed by atoms with van der Waals surface area (Å²) in [6.07, 6.45) is -4.47. The van der Waals surface area contributed by atoms with E-state index in [1.54, 1.807) is 0 Å². The Labute approximate surface area is 122 Å². The van der Waals surface area contributed by atoms with E-state index < -0.39 is 23.5 Å². The van der Waals surface area contributed by atoms with Crippen LogP contribution in [-0.4, -0.2) is 11.1 Å². The van der Waals surface area contributed by atoms with Crippen molar-refractivity contribution in [3.8, 4) is 5.75 Å².